The maximum atomic E-state index is 13.5. The molecule has 0 unspecified atom stereocenters. The van der Waals surface area contributed by atoms with Crippen molar-refractivity contribution in [2.24, 2.45) is 29.6 Å². The summed E-state index contributed by atoms with van der Waals surface area (Å²) in [6.07, 6.45) is 59.8. The molecule has 0 bridgehead atoms. The van der Waals surface area contributed by atoms with E-state index in [1.165, 1.54) is 135 Å². The fourth-order valence-electron chi connectivity index (χ4n) is 15.0. The molecule has 11 nitrogen and oxygen atoms in total. The summed E-state index contributed by atoms with van der Waals surface area (Å²) in [5, 5.41) is 0. The zero-order chi connectivity index (χ0) is 69.9. The summed E-state index contributed by atoms with van der Waals surface area (Å²) >= 11 is 0. The van der Waals surface area contributed by atoms with E-state index >= 15 is 0 Å². The largest absolute Gasteiger partial charge is 0.498 e. The molecule has 1 aliphatic heterocycles. The number of nitrogens with zero attached hydrogens (tertiary/aromatic N) is 1. The van der Waals surface area contributed by atoms with E-state index < -0.39 is 0 Å². The number of carbonyl (C=O) groups is 5. The smallest absolute Gasteiger partial charge is 0.311 e. The van der Waals surface area contributed by atoms with Gasteiger partial charge in [0.2, 0.25) is 5.91 Å². The minimum atomic E-state index is -0.249. The molecule has 1 amide bonds. The molecular formula is C87H139NO10. The molecule has 2 saturated carbocycles. The molecule has 0 radical (unpaired) electrons. The van der Waals surface area contributed by atoms with Crippen LogP contribution in [0.25, 0.3) is 0 Å². The first-order valence-corrected chi connectivity index (χ1v) is 40.7. The van der Waals surface area contributed by atoms with Crippen LogP contribution in [0.15, 0.2) is 85.4 Å². The van der Waals surface area contributed by atoms with Gasteiger partial charge >= 0.3 is 17.9 Å². The van der Waals surface area contributed by atoms with Crippen molar-refractivity contribution in [3.63, 3.8) is 0 Å². The number of benzene rings is 2. The van der Waals surface area contributed by atoms with Crippen LogP contribution in [0.3, 0.4) is 0 Å². The van der Waals surface area contributed by atoms with E-state index in [9.17, 15) is 24.0 Å². The van der Waals surface area contributed by atoms with Crippen LogP contribution in [0.2, 0.25) is 0 Å². The van der Waals surface area contributed by atoms with Gasteiger partial charge in [0.05, 0.1) is 37.3 Å². The Hall–Kier alpha value is -5.19. The highest BCUT2D eigenvalue weighted by Crippen LogP contribution is 2.36. The minimum Gasteiger partial charge on any atom is -0.498 e. The van der Waals surface area contributed by atoms with Crippen LogP contribution in [-0.2, 0) is 51.0 Å². The Labute approximate surface area is 597 Å². The Morgan fingerprint density at radius 1 is 0.429 bits per heavy atom. The molecule has 0 N–H and O–H groups in total. The highest BCUT2D eigenvalue weighted by atomic mass is 16.5. The topological polar surface area (TPSA) is 135 Å². The lowest BCUT2D eigenvalue weighted by Crippen LogP contribution is -2.41. The normalized spacial score (nSPS) is 17.4. The van der Waals surface area contributed by atoms with Crippen LogP contribution in [0.1, 0.15) is 347 Å². The zero-order valence-corrected chi connectivity index (χ0v) is 62.6. The van der Waals surface area contributed by atoms with Crippen molar-refractivity contribution >= 4 is 29.6 Å². The van der Waals surface area contributed by atoms with E-state index in [4.69, 9.17) is 23.7 Å². The summed E-state index contributed by atoms with van der Waals surface area (Å²) < 4.78 is 29.5. The molecule has 0 spiro atoms. The molecule has 0 aromatic heterocycles. The number of carbonyl (C=O) groups excluding carboxylic acids is 5. The van der Waals surface area contributed by atoms with Gasteiger partial charge in [0.15, 0.2) is 0 Å². The van der Waals surface area contributed by atoms with Crippen LogP contribution < -0.4 is 9.47 Å². The Kier molecular flexibility index (Phi) is 45.7. The molecular weight excluding hydrogens is 1220 g/mol. The highest BCUT2D eigenvalue weighted by molar-refractivity contribution is 5.82. The number of ether oxygens (including phenoxy) is 5. The average molecular weight is 1360 g/mol. The maximum Gasteiger partial charge on any atom is 0.311 e. The lowest BCUT2D eigenvalue weighted by atomic mass is 9.76. The first kappa shape index (κ1) is 83.5. The zero-order valence-electron chi connectivity index (χ0n) is 62.6. The summed E-state index contributed by atoms with van der Waals surface area (Å²) in [6, 6.07) is 14.9. The number of Topliss-reactive ketones (excluding diaryl/α,β-unsaturated/α-hetero) is 1. The van der Waals surface area contributed by atoms with Gasteiger partial charge in [-0.25, -0.2) is 0 Å². The second-order valence-electron chi connectivity index (χ2n) is 30.1. The first-order chi connectivity index (χ1) is 47.9. The van der Waals surface area contributed by atoms with Gasteiger partial charge in [0.25, 0.3) is 0 Å². The predicted molar refractivity (Wildman–Crippen MR) is 403 cm³/mol. The summed E-state index contributed by atoms with van der Waals surface area (Å²) in [7, 11) is 0. The third-order valence-electron chi connectivity index (χ3n) is 21.4. The molecule has 552 valence electrons. The van der Waals surface area contributed by atoms with Gasteiger partial charge in [-0.15, -0.1) is 0 Å². The lowest BCUT2D eigenvalue weighted by Gasteiger charge is -2.34. The number of hydrogen-bond donors (Lipinski definition) is 0. The number of ketones is 1. The molecule has 1 saturated heterocycles. The van der Waals surface area contributed by atoms with Crippen LogP contribution in [0.5, 0.6) is 11.5 Å². The minimum absolute atomic E-state index is 0.0532. The van der Waals surface area contributed by atoms with E-state index in [1.54, 1.807) is 12.1 Å². The molecule has 0 atom stereocenters. The van der Waals surface area contributed by atoms with E-state index in [0.29, 0.717) is 105 Å². The van der Waals surface area contributed by atoms with Gasteiger partial charge < -0.3 is 28.6 Å². The number of amides is 1. The van der Waals surface area contributed by atoms with E-state index in [2.05, 4.69) is 46.1 Å². The van der Waals surface area contributed by atoms with Crippen molar-refractivity contribution in [2.75, 3.05) is 26.3 Å². The predicted octanol–water partition coefficient (Wildman–Crippen LogP) is 23.5. The molecule has 2 aromatic carbocycles. The molecule has 2 aliphatic carbocycles. The Morgan fingerprint density at radius 3 is 1.31 bits per heavy atom. The molecule has 1 heterocycles. The van der Waals surface area contributed by atoms with Gasteiger partial charge in [-0.1, -0.05) is 231 Å². The van der Waals surface area contributed by atoms with Crippen LogP contribution in [0.4, 0.5) is 0 Å². The van der Waals surface area contributed by atoms with Crippen molar-refractivity contribution in [2.45, 2.75) is 354 Å². The third-order valence-corrected chi connectivity index (χ3v) is 21.4. The van der Waals surface area contributed by atoms with Gasteiger partial charge in [-0.05, 0) is 181 Å². The molecule has 11 heteroatoms. The number of allylic oxidation sites excluding steroid dienone is 4. The molecule has 3 fully saturated rings. The van der Waals surface area contributed by atoms with Gasteiger partial charge in [-0.3, -0.25) is 24.0 Å². The molecule has 3 aliphatic rings. The average Bonchev–Trinajstić information content (AvgIpc) is 1.05. The Balaban J connectivity index is 0.807. The summed E-state index contributed by atoms with van der Waals surface area (Å²) in [5.74, 6) is 4.72. The van der Waals surface area contributed by atoms with Crippen LogP contribution in [-0.4, -0.2) is 66.9 Å². The van der Waals surface area contributed by atoms with Crippen molar-refractivity contribution in [3.05, 3.63) is 96.5 Å². The highest BCUT2D eigenvalue weighted by Gasteiger charge is 2.32. The standard InChI is InChI=1S/C87H139NO10/c1-6-9-12-15-18-19-20-21-22-23-24-25-26-31-36-41-85(91)98-82-57-53-78(54-58-82)70-87(93)95-66-62-74-43-47-76(48-44-74)68-83(89)79-59-63-88(64-60-79)84(90)69-77-49-45-73(46-50-77)61-65-94-72(5)67-75-51-55-81(56-52-75)97-86(92)42-37-32-27-28-33-38-71(4)96-80(39-34-29-16-13-10-7-2)40-35-30-17-14-11-8-3/h21-22,51-58,73-74,76-77,79-80H,4-20,23-50,59-70H2,1-3H3/b22-21-. The van der Waals surface area contributed by atoms with Crippen LogP contribution >= 0.6 is 0 Å². The Bertz CT molecular complexity index is 2460. The number of piperidine rings is 1. The molecule has 2 aromatic rings. The number of hydrogen-bond acceptors (Lipinski definition) is 10. The van der Waals surface area contributed by atoms with Gasteiger partial charge in [-0.2, -0.15) is 0 Å². The summed E-state index contributed by atoms with van der Waals surface area (Å²) in [4.78, 5) is 66.9. The second-order valence-corrected chi connectivity index (χ2v) is 30.1. The van der Waals surface area contributed by atoms with Gasteiger partial charge in [0, 0.05) is 57.5 Å². The third kappa shape index (κ3) is 39.7. The van der Waals surface area contributed by atoms with E-state index in [-0.39, 0.29) is 36.2 Å². The SMILES string of the molecule is C=C(Cc1ccc(OC(=O)CCCCCCCC(=C)OC(CCCCCCCC)CCCCCCCC)cc1)OCCC1CCC(CC(=O)N2CCC(C(=O)CC3CCC(CCOC(=O)Cc4ccc(OC(=O)CCCCCCC/C=C\CCCCCCCC)cc4)CC3)CC2)CC1. The number of unbranched alkanes of at least 4 members (excludes halogenated alkanes) is 25. The maximum absolute atomic E-state index is 13.5. The fourth-order valence-corrected chi connectivity index (χ4v) is 15.0. The molecule has 5 rings (SSSR count). The van der Waals surface area contributed by atoms with Gasteiger partial charge in [0.1, 0.15) is 17.3 Å². The number of likely N-dealkylation sites (tertiary alicyclic amines) is 1. The van der Waals surface area contributed by atoms with Crippen molar-refractivity contribution < 1.29 is 47.7 Å². The molecule has 98 heavy (non-hydrogen) atoms. The second kappa shape index (κ2) is 53.6. The van der Waals surface area contributed by atoms with Crippen molar-refractivity contribution in [3.8, 4) is 11.5 Å². The lowest BCUT2D eigenvalue weighted by molar-refractivity contribution is -0.143. The Morgan fingerprint density at radius 2 is 0.827 bits per heavy atom. The quantitative estimate of drug-likeness (QED) is 0.0207. The summed E-state index contributed by atoms with van der Waals surface area (Å²) in [6.45, 7) is 17.7. The fraction of sp³-hybridized carbons (Fsp3) is 0.736. The van der Waals surface area contributed by atoms with Crippen molar-refractivity contribution in [1.82, 2.24) is 4.90 Å². The number of rotatable bonds is 57. The number of esters is 3. The van der Waals surface area contributed by atoms with E-state index in [0.717, 1.165) is 177 Å². The van der Waals surface area contributed by atoms with E-state index in [1.807, 2.05) is 41.3 Å². The van der Waals surface area contributed by atoms with Crippen molar-refractivity contribution in [1.29, 1.82) is 0 Å². The monoisotopic (exact) mass is 1360 g/mol. The first-order valence-electron chi connectivity index (χ1n) is 40.7. The summed E-state index contributed by atoms with van der Waals surface area (Å²) in [5.41, 5.74) is 1.90. The van der Waals surface area contributed by atoms with Crippen LogP contribution in [0, 0.1) is 29.6 Å².